The summed E-state index contributed by atoms with van der Waals surface area (Å²) >= 11 is 0. The zero-order valence-corrected chi connectivity index (χ0v) is 22.7. The fraction of sp³-hybridized carbons (Fsp3) is 0.741. The molecule has 0 saturated carbocycles. The number of anilines is 1. The molecule has 3 rings (SSSR count). The second-order valence-corrected chi connectivity index (χ2v) is 11.8. The number of likely N-dealkylation sites (tertiary alicyclic amines) is 1. The van der Waals surface area contributed by atoms with Crippen molar-refractivity contribution < 1.29 is 19.1 Å². The molecule has 0 radical (unpaired) electrons. The van der Waals surface area contributed by atoms with Crippen LogP contribution in [0, 0.1) is 0 Å². The number of likely N-dealkylation sites (N-methyl/N-ethyl adjacent to an activating group) is 1. The summed E-state index contributed by atoms with van der Waals surface area (Å²) in [6.45, 7) is 14.4. The Morgan fingerprint density at radius 1 is 1.03 bits per heavy atom. The molecular weight excluding hydrogens is 444 g/mol. The highest BCUT2D eigenvalue weighted by atomic mass is 16.6. The van der Waals surface area contributed by atoms with Crippen LogP contribution in [-0.2, 0) is 22.3 Å². The Kier molecular flexibility index (Phi) is 8.67. The first-order chi connectivity index (χ1) is 16.3. The molecule has 8 nitrogen and oxygen atoms in total. The lowest BCUT2D eigenvalue weighted by molar-refractivity contribution is 0.0282. The Bertz CT molecular complexity index is 890. The number of aryl methyl sites for hydroxylation is 2. The van der Waals surface area contributed by atoms with Crippen molar-refractivity contribution in [3.8, 4) is 0 Å². The molecule has 196 valence electrons. The molecule has 1 atom stereocenters. The third kappa shape index (κ3) is 8.09. The Labute approximate surface area is 210 Å². The molecule has 2 aliphatic heterocycles. The number of hydrogen-bond donors (Lipinski definition) is 0. The average Bonchev–Trinajstić information content (AvgIpc) is 3.24. The minimum atomic E-state index is -0.526. The molecule has 1 aromatic rings. The van der Waals surface area contributed by atoms with Crippen LogP contribution in [0.3, 0.4) is 0 Å². The summed E-state index contributed by atoms with van der Waals surface area (Å²) in [6.07, 6.45) is 5.24. The Morgan fingerprint density at radius 2 is 1.71 bits per heavy atom. The predicted molar refractivity (Wildman–Crippen MR) is 138 cm³/mol. The number of carbonyl (C=O) groups is 2. The number of rotatable bonds is 6. The van der Waals surface area contributed by atoms with Gasteiger partial charge in [-0.25, -0.2) is 14.6 Å². The standard InChI is InChI=1S/C27H44N4O4/c1-26(2,3)34-24(32)30-18-15-22(19-30)29(7)16-9-8-12-21-14-13-20-11-10-17-31(23(20)28-21)25(33)35-27(4,5)6/h13-14,22H,8-12,15-19H2,1-7H3/t22-/m1/s1. The van der Waals surface area contributed by atoms with Gasteiger partial charge in [-0.15, -0.1) is 0 Å². The number of hydrogen-bond acceptors (Lipinski definition) is 6. The van der Waals surface area contributed by atoms with Crippen molar-refractivity contribution in [2.75, 3.05) is 38.1 Å². The number of fused-ring (bicyclic) bond motifs is 1. The van der Waals surface area contributed by atoms with E-state index in [4.69, 9.17) is 14.5 Å². The van der Waals surface area contributed by atoms with Gasteiger partial charge in [0, 0.05) is 31.4 Å². The number of amides is 2. The van der Waals surface area contributed by atoms with Crippen molar-refractivity contribution in [3.05, 3.63) is 23.4 Å². The number of nitrogens with zero attached hydrogens (tertiary/aromatic N) is 4. The van der Waals surface area contributed by atoms with Crippen LogP contribution in [0.4, 0.5) is 15.4 Å². The van der Waals surface area contributed by atoms with Crippen molar-refractivity contribution in [3.63, 3.8) is 0 Å². The normalized spacial score (nSPS) is 18.6. The Hall–Kier alpha value is -2.35. The number of unbranched alkanes of at least 4 members (excludes halogenated alkanes) is 1. The summed E-state index contributed by atoms with van der Waals surface area (Å²) < 4.78 is 11.1. The van der Waals surface area contributed by atoms with Gasteiger partial charge in [-0.05, 0) is 105 Å². The summed E-state index contributed by atoms with van der Waals surface area (Å²) in [5, 5.41) is 0. The lowest BCUT2D eigenvalue weighted by Gasteiger charge is -2.31. The largest absolute Gasteiger partial charge is 0.444 e. The van der Waals surface area contributed by atoms with Crippen LogP contribution in [0.5, 0.6) is 0 Å². The van der Waals surface area contributed by atoms with Crippen LogP contribution in [0.2, 0.25) is 0 Å². The van der Waals surface area contributed by atoms with Crippen LogP contribution < -0.4 is 4.90 Å². The first-order valence-electron chi connectivity index (χ1n) is 13.0. The van der Waals surface area contributed by atoms with Gasteiger partial charge in [0.15, 0.2) is 0 Å². The van der Waals surface area contributed by atoms with Gasteiger partial charge in [-0.1, -0.05) is 6.07 Å². The van der Waals surface area contributed by atoms with Crippen LogP contribution in [-0.4, -0.2) is 77.4 Å². The summed E-state index contributed by atoms with van der Waals surface area (Å²) in [5.41, 5.74) is 1.14. The minimum absolute atomic E-state index is 0.215. The second kappa shape index (κ2) is 11.1. The van der Waals surface area contributed by atoms with Gasteiger partial charge in [0.2, 0.25) is 0 Å². The van der Waals surface area contributed by atoms with Gasteiger partial charge in [0.1, 0.15) is 17.0 Å². The molecule has 0 N–H and O–H groups in total. The smallest absolute Gasteiger partial charge is 0.416 e. The van der Waals surface area contributed by atoms with Gasteiger partial charge in [-0.2, -0.15) is 0 Å². The highest BCUT2D eigenvalue weighted by Crippen LogP contribution is 2.27. The van der Waals surface area contributed by atoms with Gasteiger partial charge in [0.25, 0.3) is 0 Å². The van der Waals surface area contributed by atoms with E-state index in [1.165, 1.54) is 0 Å². The monoisotopic (exact) mass is 488 g/mol. The zero-order valence-electron chi connectivity index (χ0n) is 22.7. The fourth-order valence-electron chi connectivity index (χ4n) is 4.56. The van der Waals surface area contributed by atoms with Crippen LogP contribution in [0.15, 0.2) is 12.1 Å². The zero-order chi connectivity index (χ0) is 25.8. The molecule has 35 heavy (non-hydrogen) atoms. The maximum atomic E-state index is 12.7. The van der Waals surface area contributed by atoms with Crippen molar-refractivity contribution in [2.45, 2.75) is 97.3 Å². The Morgan fingerprint density at radius 3 is 2.40 bits per heavy atom. The van der Waals surface area contributed by atoms with Crippen LogP contribution in [0.1, 0.15) is 78.5 Å². The summed E-state index contributed by atoms with van der Waals surface area (Å²) in [4.78, 5) is 35.8. The van der Waals surface area contributed by atoms with Crippen molar-refractivity contribution >= 4 is 18.0 Å². The van der Waals surface area contributed by atoms with E-state index in [1.54, 1.807) is 4.90 Å². The lowest BCUT2D eigenvalue weighted by atomic mass is 10.0. The van der Waals surface area contributed by atoms with Crippen LogP contribution >= 0.6 is 0 Å². The third-order valence-electron chi connectivity index (χ3n) is 6.34. The lowest BCUT2D eigenvalue weighted by Crippen LogP contribution is -2.40. The highest BCUT2D eigenvalue weighted by molar-refractivity contribution is 5.88. The molecule has 2 aliphatic rings. The first kappa shape index (κ1) is 27.2. The predicted octanol–water partition coefficient (Wildman–Crippen LogP) is 5.03. The molecule has 1 saturated heterocycles. The molecule has 3 heterocycles. The number of pyridine rings is 1. The number of carbonyl (C=O) groups excluding carboxylic acids is 2. The molecule has 0 unspecified atom stereocenters. The van der Waals surface area contributed by atoms with Gasteiger partial charge < -0.3 is 19.3 Å². The number of aromatic nitrogens is 1. The second-order valence-electron chi connectivity index (χ2n) is 11.8. The first-order valence-corrected chi connectivity index (χ1v) is 13.0. The molecule has 1 aromatic heterocycles. The Balaban J connectivity index is 1.47. The summed E-state index contributed by atoms with van der Waals surface area (Å²) in [6, 6.07) is 4.58. The van der Waals surface area contributed by atoms with Crippen molar-refractivity contribution in [1.29, 1.82) is 0 Å². The van der Waals surface area contributed by atoms with E-state index in [9.17, 15) is 9.59 Å². The molecule has 0 spiro atoms. The van der Waals surface area contributed by atoms with E-state index in [-0.39, 0.29) is 12.2 Å². The van der Waals surface area contributed by atoms with E-state index in [0.29, 0.717) is 12.6 Å². The average molecular weight is 489 g/mol. The van der Waals surface area contributed by atoms with E-state index in [1.807, 2.05) is 46.4 Å². The van der Waals surface area contributed by atoms with Gasteiger partial charge in [-0.3, -0.25) is 4.90 Å². The summed E-state index contributed by atoms with van der Waals surface area (Å²) in [7, 11) is 2.14. The molecule has 0 bridgehead atoms. The van der Waals surface area contributed by atoms with E-state index in [2.05, 4.69) is 24.1 Å². The third-order valence-corrected chi connectivity index (χ3v) is 6.34. The van der Waals surface area contributed by atoms with E-state index in [0.717, 1.165) is 75.2 Å². The fourth-order valence-corrected chi connectivity index (χ4v) is 4.56. The minimum Gasteiger partial charge on any atom is -0.444 e. The molecule has 8 heteroatoms. The van der Waals surface area contributed by atoms with Crippen LogP contribution in [0.25, 0.3) is 0 Å². The molecule has 2 amide bonds. The quantitative estimate of drug-likeness (QED) is 0.523. The molecule has 1 fully saturated rings. The molecular formula is C27H44N4O4. The molecule has 0 aliphatic carbocycles. The summed E-state index contributed by atoms with van der Waals surface area (Å²) in [5.74, 6) is 0.758. The number of ether oxygens (including phenoxy) is 2. The van der Waals surface area contributed by atoms with Gasteiger partial charge in [0.05, 0.1) is 0 Å². The maximum absolute atomic E-state index is 12.7. The maximum Gasteiger partial charge on any atom is 0.416 e. The van der Waals surface area contributed by atoms with Crippen molar-refractivity contribution in [2.24, 2.45) is 0 Å². The van der Waals surface area contributed by atoms with Crippen molar-refractivity contribution in [1.82, 2.24) is 14.8 Å². The highest BCUT2D eigenvalue weighted by Gasteiger charge is 2.32. The molecule has 0 aromatic carbocycles. The topological polar surface area (TPSA) is 75.2 Å². The van der Waals surface area contributed by atoms with E-state index < -0.39 is 11.2 Å². The SMILES string of the molecule is CN(CCCCc1ccc2c(n1)N(C(=O)OC(C)(C)C)CCC2)[C@@H]1CCN(C(=O)OC(C)(C)C)C1. The van der Waals surface area contributed by atoms with Gasteiger partial charge >= 0.3 is 12.2 Å². The van der Waals surface area contributed by atoms with E-state index >= 15 is 0 Å².